The number of aromatic nitrogens is 3. The Bertz CT molecular complexity index is 1640. The molecule has 0 radical (unpaired) electrons. The number of anilines is 3. The number of hydrogen-bond acceptors (Lipinski definition) is 10. The van der Waals surface area contributed by atoms with Crippen molar-refractivity contribution in [3.05, 3.63) is 40.5 Å². The summed E-state index contributed by atoms with van der Waals surface area (Å²) in [7, 11) is -0.291. The van der Waals surface area contributed by atoms with Crippen molar-refractivity contribution in [2.75, 3.05) is 49.7 Å². The molecule has 3 aliphatic heterocycles. The normalized spacial score (nSPS) is 22.2. The number of halogens is 3. The van der Waals surface area contributed by atoms with Gasteiger partial charge in [-0.3, -0.25) is 9.69 Å². The quantitative estimate of drug-likeness (QED) is 0.464. The van der Waals surface area contributed by atoms with Crippen molar-refractivity contribution in [2.24, 2.45) is 0 Å². The standard InChI is InChI=1S/C26H28F3N7O3S2/c1-4-17-18(5-6-21(31-17)36-13-14-9-15(36)12-35(14)3)32-25-30-11-16(26(27,28)29)22(33-25)19-10-20-23(40-19)24(37)34(2)7-8-41(20,38)39/h5-6,10-11,14-15H,4,7-9,12-13H2,1-3H3,(H,30,32,33)/t14-,15-/m1/s1. The lowest BCUT2D eigenvalue weighted by molar-refractivity contribution is -0.137. The molecule has 3 aromatic heterocycles. The largest absolute Gasteiger partial charge is 0.420 e. The third kappa shape index (κ3) is 4.93. The van der Waals surface area contributed by atoms with Gasteiger partial charge in [-0.05, 0) is 38.1 Å². The number of amides is 1. The molecule has 41 heavy (non-hydrogen) atoms. The molecule has 6 rings (SSSR count). The first-order valence-electron chi connectivity index (χ1n) is 13.2. The Morgan fingerprint density at radius 1 is 1.15 bits per heavy atom. The van der Waals surface area contributed by atoms with E-state index in [-0.39, 0.29) is 32.9 Å². The number of hydrogen-bond donors (Lipinski definition) is 1. The fourth-order valence-electron chi connectivity index (χ4n) is 5.65. The maximum absolute atomic E-state index is 14.0. The van der Waals surface area contributed by atoms with E-state index in [0.717, 1.165) is 31.4 Å². The summed E-state index contributed by atoms with van der Waals surface area (Å²) in [6, 6.07) is 5.73. The molecule has 1 N–H and O–H groups in total. The Balaban J connectivity index is 1.36. The molecule has 2 bridgehead atoms. The number of rotatable bonds is 5. The molecular weight excluding hydrogens is 579 g/mol. The molecule has 2 saturated heterocycles. The molecule has 0 spiro atoms. The number of carbonyl (C=O) groups excluding carboxylic acids is 1. The summed E-state index contributed by atoms with van der Waals surface area (Å²) in [4.78, 5) is 31.2. The predicted octanol–water partition coefficient (Wildman–Crippen LogP) is 3.68. The SMILES string of the molecule is CCc1nc(N2C[C@H]3C[C@@H]2CN3C)ccc1Nc1ncc(C(F)(F)F)c(-c2cc3c(s2)C(=O)N(C)CCS3(=O)=O)n1. The van der Waals surface area contributed by atoms with Crippen molar-refractivity contribution in [3.63, 3.8) is 0 Å². The smallest absolute Gasteiger partial charge is 0.351 e. The molecule has 218 valence electrons. The van der Waals surface area contributed by atoms with Gasteiger partial charge in [-0.2, -0.15) is 13.2 Å². The lowest BCUT2D eigenvalue weighted by atomic mass is 10.2. The number of carbonyl (C=O) groups is 1. The van der Waals surface area contributed by atoms with E-state index < -0.39 is 33.2 Å². The summed E-state index contributed by atoms with van der Waals surface area (Å²) in [5.41, 5.74) is -0.356. The third-order valence-corrected chi connectivity index (χ3v) is 10.9. The zero-order chi connectivity index (χ0) is 29.3. The molecule has 0 aromatic carbocycles. The van der Waals surface area contributed by atoms with Gasteiger partial charge >= 0.3 is 6.18 Å². The van der Waals surface area contributed by atoms with Crippen LogP contribution in [0.3, 0.4) is 0 Å². The van der Waals surface area contributed by atoms with Crippen molar-refractivity contribution in [3.8, 4) is 10.6 Å². The van der Waals surface area contributed by atoms with Crippen molar-refractivity contribution >= 4 is 44.5 Å². The summed E-state index contributed by atoms with van der Waals surface area (Å²) in [6.45, 7) is 3.81. The number of pyridine rings is 1. The number of sulfone groups is 1. The number of fused-ring (bicyclic) bond motifs is 3. The predicted molar refractivity (Wildman–Crippen MR) is 148 cm³/mol. The molecule has 0 aliphatic carbocycles. The number of alkyl halides is 3. The molecular formula is C26H28F3N7O3S2. The third-order valence-electron chi connectivity index (χ3n) is 7.95. The number of nitrogens with one attached hydrogen (secondary N) is 1. The first-order valence-corrected chi connectivity index (χ1v) is 15.6. The highest BCUT2D eigenvalue weighted by molar-refractivity contribution is 7.91. The van der Waals surface area contributed by atoms with E-state index in [9.17, 15) is 26.4 Å². The molecule has 6 heterocycles. The number of nitrogens with zero attached hydrogens (tertiary/aromatic N) is 6. The van der Waals surface area contributed by atoms with Gasteiger partial charge in [0.15, 0.2) is 9.84 Å². The molecule has 1 amide bonds. The zero-order valence-electron chi connectivity index (χ0n) is 22.6. The first-order chi connectivity index (χ1) is 19.4. The Hall–Kier alpha value is -3.30. The lowest BCUT2D eigenvalue weighted by Crippen LogP contribution is -2.44. The topological polar surface area (TPSA) is 112 Å². The Morgan fingerprint density at radius 2 is 1.93 bits per heavy atom. The van der Waals surface area contributed by atoms with Gasteiger partial charge in [0.25, 0.3) is 5.91 Å². The van der Waals surface area contributed by atoms with Crippen LogP contribution in [0, 0.1) is 0 Å². The fourth-order valence-corrected chi connectivity index (χ4v) is 8.68. The summed E-state index contributed by atoms with van der Waals surface area (Å²) in [6.07, 6.45) is -2.48. The summed E-state index contributed by atoms with van der Waals surface area (Å²) >= 11 is 0.681. The Labute approximate surface area is 239 Å². The van der Waals surface area contributed by atoms with E-state index in [2.05, 4.69) is 32.1 Å². The maximum Gasteiger partial charge on any atom is 0.420 e. The van der Waals surface area contributed by atoms with Crippen molar-refractivity contribution in [2.45, 2.75) is 42.9 Å². The molecule has 0 saturated carbocycles. The number of likely N-dealkylation sites (N-methyl/N-ethyl adjacent to an activating group) is 1. The van der Waals surface area contributed by atoms with Gasteiger partial charge in [-0.1, -0.05) is 6.92 Å². The molecule has 0 unspecified atom stereocenters. The van der Waals surface area contributed by atoms with Crippen molar-refractivity contribution in [1.82, 2.24) is 24.8 Å². The van der Waals surface area contributed by atoms with Crippen LogP contribution in [0.2, 0.25) is 0 Å². The van der Waals surface area contributed by atoms with Crippen LogP contribution >= 0.6 is 11.3 Å². The second kappa shape index (κ2) is 9.91. The number of thiophene rings is 1. The van der Waals surface area contributed by atoms with Crippen LogP contribution in [0.1, 0.15) is 34.3 Å². The number of piperazine rings is 1. The lowest BCUT2D eigenvalue weighted by Gasteiger charge is -2.33. The van der Waals surface area contributed by atoms with Crippen LogP contribution in [0.15, 0.2) is 29.3 Å². The average Bonchev–Trinajstić information content (AvgIpc) is 3.64. The molecule has 3 aromatic rings. The number of likely N-dealkylation sites (tertiary alicyclic amines) is 1. The van der Waals surface area contributed by atoms with Gasteiger partial charge < -0.3 is 15.1 Å². The van der Waals surface area contributed by atoms with Crippen LogP contribution in [0.5, 0.6) is 0 Å². The van der Waals surface area contributed by atoms with Crippen LogP contribution < -0.4 is 10.2 Å². The van der Waals surface area contributed by atoms with E-state index in [1.54, 1.807) is 0 Å². The van der Waals surface area contributed by atoms with Crippen LogP contribution in [0.4, 0.5) is 30.6 Å². The minimum Gasteiger partial charge on any atom is -0.351 e. The highest BCUT2D eigenvalue weighted by atomic mass is 32.2. The van der Waals surface area contributed by atoms with Gasteiger partial charge in [0, 0.05) is 45.0 Å². The summed E-state index contributed by atoms with van der Waals surface area (Å²) in [5.74, 6) is -0.124. The maximum atomic E-state index is 14.0. The number of aryl methyl sites for hydroxylation is 1. The fraction of sp³-hybridized carbons (Fsp3) is 0.462. The molecule has 3 aliphatic rings. The van der Waals surface area contributed by atoms with Gasteiger partial charge in [0.05, 0.1) is 32.6 Å². The summed E-state index contributed by atoms with van der Waals surface area (Å²) < 4.78 is 67.7. The van der Waals surface area contributed by atoms with E-state index >= 15 is 0 Å². The molecule has 10 nitrogen and oxygen atoms in total. The van der Waals surface area contributed by atoms with Gasteiger partial charge in [-0.15, -0.1) is 11.3 Å². The van der Waals surface area contributed by atoms with E-state index in [1.165, 1.54) is 11.9 Å². The first kappa shape index (κ1) is 27.8. The highest BCUT2D eigenvalue weighted by Gasteiger charge is 2.42. The highest BCUT2D eigenvalue weighted by Crippen LogP contribution is 2.42. The van der Waals surface area contributed by atoms with E-state index in [0.29, 0.717) is 47.4 Å². The van der Waals surface area contributed by atoms with Gasteiger partial charge in [0.1, 0.15) is 16.3 Å². The Morgan fingerprint density at radius 3 is 2.59 bits per heavy atom. The average molecular weight is 608 g/mol. The Kier molecular flexibility index (Phi) is 6.73. The second-order valence-corrected chi connectivity index (χ2v) is 13.7. The van der Waals surface area contributed by atoms with Crippen LogP contribution in [-0.2, 0) is 22.4 Å². The second-order valence-electron chi connectivity index (χ2n) is 10.6. The van der Waals surface area contributed by atoms with Crippen molar-refractivity contribution in [1.29, 1.82) is 0 Å². The molecule has 2 fully saturated rings. The minimum atomic E-state index is -4.81. The molecule has 2 atom stereocenters. The van der Waals surface area contributed by atoms with Crippen LogP contribution in [-0.4, -0.2) is 90.6 Å². The molecule has 15 heteroatoms. The van der Waals surface area contributed by atoms with E-state index in [4.69, 9.17) is 4.98 Å². The summed E-state index contributed by atoms with van der Waals surface area (Å²) in [5, 5.41) is 3.01. The van der Waals surface area contributed by atoms with Crippen molar-refractivity contribution < 1.29 is 26.4 Å². The van der Waals surface area contributed by atoms with E-state index in [1.807, 2.05) is 19.1 Å². The van der Waals surface area contributed by atoms with Gasteiger partial charge in [0.2, 0.25) is 5.95 Å². The van der Waals surface area contributed by atoms with Gasteiger partial charge in [-0.25, -0.2) is 23.4 Å². The minimum absolute atomic E-state index is 0.00406. The monoisotopic (exact) mass is 607 g/mol. The van der Waals surface area contributed by atoms with Crippen LogP contribution in [0.25, 0.3) is 10.6 Å². The zero-order valence-corrected chi connectivity index (χ0v) is 24.2.